The predicted octanol–water partition coefficient (Wildman–Crippen LogP) is 8.40. The molecule has 0 aromatic rings. The molecular weight excluding hydrogens is 376 g/mol. The van der Waals surface area contributed by atoms with Gasteiger partial charge in [0.05, 0.1) is 0 Å². The van der Waals surface area contributed by atoms with Crippen molar-refractivity contribution in [1.82, 2.24) is 0 Å². The van der Waals surface area contributed by atoms with Crippen molar-refractivity contribution in [2.24, 2.45) is 52.3 Å². The van der Waals surface area contributed by atoms with Gasteiger partial charge in [-0.25, -0.2) is 0 Å². The molecule has 174 valence electrons. The second-order valence-corrected chi connectivity index (χ2v) is 12.8. The third-order valence-corrected chi connectivity index (χ3v) is 11.4. The van der Waals surface area contributed by atoms with E-state index in [-0.39, 0.29) is 0 Å². The Labute approximate surface area is 192 Å². The van der Waals surface area contributed by atoms with E-state index in [4.69, 9.17) is 0 Å². The maximum Gasteiger partial charge on any atom is 0.133 e. The molecule has 0 spiro atoms. The number of hydrogen-bond donors (Lipinski definition) is 0. The third kappa shape index (κ3) is 4.02. The molecule has 4 aliphatic rings. The summed E-state index contributed by atoms with van der Waals surface area (Å²) in [4.78, 5) is 12.2. The normalized spacial score (nSPS) is 44.0. The predicted molar refractivity (Wildman–Crippen MR) is 132 cm³/mol. The molecule has 0 amide bonds. The van der Waals surface area contributed by atoms with Gasteiger partial charge in [0.15, 0.2) is 0 Å². The van der Waals surface area contributed by atoms with Crippen LogP contribution < -0.4 is 0 Å². The lowest BCUT2D eigenvalue weighted by molar-refractivity contribution is -0.140. The number of hydrogen-bond acceptors (Lipinski definition) is 1. The molecule has 4 rings (SSSR count). The molecule has 0 heterocycles. The molecule has 0 radical (unpaired) electrons. The van der Waals surface area contributed by atoms with Gasteiger partial charge in [-0.05, 0) is 123 Å². The summed E-state index contributed by atoms with van der Waals surface area (Å²) in [6.45, 7) is 18.2. The fourth-order valence-electron chi connectivity index (χ4n) is 9.45. The molecule has 2 unspecified atom stereocenters. The van der Waals surface area contributed by atoms with Crippen molar-refractivity contribution in [3.05, 3.63) is 24.8 Å². The lowest BCUT2D eigenvalue weighted by Crippen LogP contribution is -2.53. The van der Waals surface area contributed by atoms with Gasteiger partial charge in [0.25, 0.3) is 0 Å². The van der Waals surface area contributed by atoms with Crippen LogP contribution in [0.15, 0.2) is 24.8 Å². The van der Waals surface area contributed by atoms with E-state index in [2.05, 4.69) is 46.9 Å². The zero-order valence-electron chi connectivity index (χ0n) is 20.9. The highest BCUT2D eigenvalue weighted by atomic mass is 16.1. The van der Waals surface area contributed by atoms with E-state index in [1.165, 1.54) is 63.4 Å². The van der Waals surface area contributed by atoms with Gasteiger partial charge in [-0.1, -0.05) is 39.0 Å². The fourth-order valence-corrected chi connectivity index (χ4v) is 9.45. The monoisotopic (exact) mass is 424 g/mol. The van der Waals surface area contributed by atoms with E-state index in [0.717, 1.165) is 48.9 Å². The molecule has 1 heteroatoms. The van der Waals surface area contributed by atoms with Gasteiger partial charge in [-0.2, -0.15) is 0 Å². The van der Waals surface area contributed by atoms with Gasteiger partial charge < -0.3 is 0 Å². The number of ketones is 1. The van der Waals surface area contributed by atoms with E-state index in [1.54, 1.807) is 0 Å². The van der Waals surface area contributed by atoms with Crippen LogP contribution in [0, 0.1) is 52.3 Å². The largest absolute Gasteiger partial charge is 0.300 e. The summed E-state index contributed by atoms with van der Waals surface area (Å²) < 4.78 is 0. The SMILES string of the molecule is C=CCC(CC[C@@H](C)[C@H]1CC[C@H]2[C@@H]3CCC4CC(=O)CC[C@]4(C)[C@H]3CC[C@]12C)C(=C)C. The molecule has 0 N–H and O–H groups in total. The first-order chi connectivity index (χ1) is 14.7. The van der Waals surface area contributed by atoms with Crippen molar-refractivity contribution in [3.63, 3.8) is 0 Å². The highest BCUT2D eigenvalue weighted by Crippen LogP contribution is 2.68. The summed E-state index contributed by atoms with van der Waals surface area (Å²) in [5.41, 5.74) is 2.33. The zero-order valence-corrected chi connectivity index (χ0v) is 20.9. The third-order valence-electron chi connectivity index (χ3n) is 11.4. The minimum atomic E-state index is 0.446. The minimum absolute atomic E-state index is 0.446. The maximum atomic E-state index is 12.2. The number of Topliss-reactive ketones (excluding diaryl/α,β-unsaturated/α-hetero) is 1. The first-order valence-corrected chi connectivity index (χ1v) is 13.5. The van der Waals surface area contributed by atoms with Gasteiger partial charge >= 0.3 is 0 Å². The van der Waals surface area contributed by atoms with Crippen LogP contribution in [0.1, 0.15) is 105 Å². The van der Waals surface area contributed by atoms with E-state index in [9.17, 15) is 4.79 Å². The Morgan fingerprint density at radius 2 is 1.81 bits per heavy atom. The molecule has 9 atom stereocenters. The first-order valence-electron chi connectivity index (χ1n) is 13.5. The van der Waals surface area contributed by atoms with Crippen LogP contribution in [0.25, 0.3) is 0 Å². The summed E-state index contributed by atoms with van der Waals surface area (Å²) in [5, 5.41) is 0. The van der Waals surface area contributed by atoms with Crippen LogP contribution in [-0.2, 0) is 4.79 Å². The van der Waals surface area contributed by atoms with Crippen LogP contribution in [0.5, 0.6) is 0 Å². The van der Waals surface area contributed by atoms with Crippen LogP contribution in [0.3, 0.4) is 0 Å². The van der Waals surface area contributed by atoms with Gasteiger partial charge in [0.1, 0.15) is 5.78 Å². The number of fused-ring (bicyclic) bond motifs is 5. The lowest BCUT2D eigenvalue weighted by atomic mass is 9.44. The molecule has 0 aliphatic heterocycles. The van der Waals surface area contributed by atoms with Crippen molar-refractivity contribution in [3.8, 4) is 0 Å². The molecule has 0 saturated heterocycles. The fraction of sp³-hybridized carbons (Fsp3) is 0.833. The Bertz CT molecular complexity index is 705. The molecule has 0 aromatic carbocycles. The van der Waals surface area contributed by atoms with Crippen LogP contribution >= 0.6 is 0 Å². The van der Waals surface area contributed by atoms with Crippen molar-refractivity contribution >= 4 is 5.78 Å². The Kier molecular flexibility index (Phi) is 6.64. The van der Waals surface area contributed by atoms with Crippen molar-refractivity contribution in [2.75, 3.05) is 0 Å². The quantitative estimate of drug-likeness (QED) is 0.375. The molecule has 31 heavy (non-hydrogen) atoms. The second-order valence-electron chi connectivity index (χ2n) is 12.8. The molecule has 4 aliphatic carbocycles. The molecule has 0 bridgehead atoms. The summed E-state index contributed by atoms with van der Waals surface area (Å²) in [7, 11) is 0. The van der Waals surface area contributed by atoms with Crippen LogP contribution in [0.4, 0.5) is 0 Å². The Morgan fingerprint density at radius 1 is 1.06 bits per heavy atom. The van der Waals surface area contributed by atoms with Gasteiger partial charge in [0, 0.05) is 12.8 Å². The topological polar surface area (TPSA) is 17.1 Å². The smallest absolute Gasteiger partial charge is 0.133 e. The van der Waals surface area contributed by atoms with E-state index < -0.39 is 0 Å². The second kappa shape index (κ2) is 8.83. The van der Waals surface area contributed by atoms with Gasteiger partial charge in [0.2, 0.25) is 0 Å². The van der Waals surface area contributed by atoms with E-state index >= 15 is 0 Å². The minimum Gasteiger partial charge on any atom is -0.300 e. The molecule has 4 saturated carbocycles. The zero-order chi connectivity index (χ0) is 22.4. The number of carbonyl (C=O) groups excluding carboxylic acids is 1. The van der Waals surface area contributed by atoms with Gasteiger partial charge in [-0.3, -0.25) is 4.79 Å². The molecular formula is C30H48O. The van der Waals surface area contributed by atoms with E-state index in [0.29, 0.717) is 28.4 Å². The Hall–Kier alpha value is -0.850. The van der Waals surface area contributed by atoms with Crippen LogP contribution in [0.2, 0.25) is 0 Å². The molecule has 1 nitrogen and oxygen atoms in total. The van der Waals surface area contributed by atoms with E-state index in [1.807, 2.05) is 0 Å². The van der Waals surface area contributed by atoms with Crippen molar-refractivity contribution in [2.45, 2.75) is 105 Å². The number of rotatable bonds is 7. The Morgan fingerprint density at radius 3 is 2.52 bits per heavy atom. The standard InChI is InChI=1S/C30H48O/c1-7-8-22(20(2)3)10-9-21(4)26-13-14-27-25-12-11-23-19-24(31)15-17-29(23,5)28(25)16-18-30(26,27)6/h7,21-23,25-28H,1-2,8-19H2,3-6H3/t21-,22?,23?,25+,26-,27+,28+,29+,30-/m1/s1. The average molecular weight is 425 g/mol. The first kappa shape index (κ1) is 23.3. The summed E-state index contributed by atoms with van der Waals surface area (Å²) in [5.74, 6) is 6.29. The highest BCUT2D eigenvalue weighted by Gasteiger charge is 2.60. The van der Waals surface area contributed by atoms with Crippen molar-refractivity contribution in [1.29, 1.82) is 0 Å². The average Bonchev–Trinajstić information content (AvgIpc) is 3.08. The van der Waals surface area contributed by atoms with Gasteiger partial charge in [-0.15, -0.1) is 6.58 Å². The molecule has 0 aromatic heterocycles. The number of allylic oxidation sites excluding steroid dienone is 2. The summed E-state index contributed by atoms with van der Waals surface area (Å²) in [6.07, 6.45) is 17.2. The summed E-state index contributed by atoms with van der Waals surface area (Å²) in [6, 6.07) is 0. The summed E-state index contributed by atoms with van der Waals surface area (Å²) >= 11 is 0. The van der Waals surface area contributed by atoms with Crippen molar-refractivity contribution < 1.29 is 4.79 Å². The molecule has 4 fully saturated rings. The maximum absolute atomic E-state index is 12.2. The highest BCUT2D eigenvalue weighted by molar-refractivity contribution is 5.79. The lowest BCUT2D eigenvalue weighted by Gasteiger charge is -2.60. The van der Waals surface area contributed by atoms with Crippen LogP contribution in [-0.4, -0.2) is 5.78 Å². The Balaban J connectivity index is 1.45. The number of carbonyl (C=O) groups is 1.